The Labute approximate surface area is 140 Å². The van der Waals surface area contributed by atoms with Crippen molar-refractivity contribution in [1.29, 1.82) is 0 Å². The maximum absolute atomic E-state index is 12.0. The van der Waals surface area contributed by atoms with Crippen LogP contribution >= 0.6 is 0 Å². The van der Waals surface area contributed by atoms with Gasteiger partial charge in [0.2, 0.25) is 0 Å². The van der Waals surface area contributed by atoms with Gasteiger partial charge in [-0.2, -0.15) is 0 Å². The first-order chi connectivity index (χ1) is 11.1. The second kappa shape index (κ2) is 10.7. The fraction of sp³-hybridized carbons (Fsp3) is 0.750. The van der Waals surface area contributed by atoms with Gasteiger partial charge in [0, 0.05) is 6.92 Å². The van der Waals surface area contributed by atoms with Gasteiger partial charge in [-0.1, -0.05) is 45.4 Å². The number of hydrogen-bond donors (Lipinski definition) is 3. The van der Waals surface area contributed by atoms with Crippen molar-refractivity contribution in [1.82, 2.24) is 0 Å². The highest BCUT2D eigenvalue weighted by Gasteiger charge is 2.50. The molecule has 24 heavy (non-hydrogen) atoms. The second-order valence-electron chi connectivity index (χ2n) is 5.82. The van der Waals surface area contributed by atoms with Crippen molar-refractivity contribution in [3.05, 3.63) is 0 Å². The van der Waals surface area contributed by atoms with E-state index >= 15 is 0 Å². The van der Waals surface area contributed by atoms with Crippen LogP contribution in [0.5, 0.6) is 0 Å². The molecule has 0 heterocycles. The summed E-state index contributed by atoms with van der Waals surface area (Å²) in [5.74, 6) is -7.19. The number of carbonyl (C=O) groups excluding carboxylic acids is 2. The van der Waals surface area contributed by atoms with Gasteiger partial charge in [0.25, 0.3) is 0 Å². The molecule has 0 amide bonds. The van der Waals surface area contributed by atoms with E-state index in [1.165, 1.54) is 0 Å². The van der Waals surface area contributed by atoms with Crippen LogP contribution in [0.4, 0.5) is 0 Å². The van der Waals surface area contributed by atoms with Crippen LogP contribution < -0.4 is 0 Å². The largest absolute Gasteiger partial charge is 0.481 e. The maximum Gasteiger partial charge on any atom is 0.337 e. The fourth-order valence-corrected chi connectivity index (χ4v) is 2.47. The van der Waals surface area contributed by atoms with Crippen LogP contribution in [-0.2, 0) is 23.9 Å². The quantitative estimate of drug-likeness (QED) is 0.276. The lowest BCUT2D eigenvalue weighted by Gasteiger charge is -2.29. The van der Waals surface area contributed by atoms with Gasteiger partial charge >= 0.3 is 23.9 Å². The average molecular weight is 346 g/mol. The van der Waals surface area contributed by atoms with E-state index in [1.54, 1.807) is 0 Å². The lowest BCUT2D eigenvalue weighted by atomic mass is 9.81. The molecule has 0 aliphatic carbocycles. The highest BCUT2D eigenvalue weighted by atomic mass is 16.6. The second-order valence-corrected chi connectivity index (χ2v) is 5.82. The van der Waals surface area contributed by atoms with Crippen LogP contribution in [-0.4, -0.2) is 44.8 Å². The summed E-state index contributed by atoms with van der Waals surface area (Å²) in [5.41, 5.74) is -2.82. The first-order valence-electron chi connectivity index (χ1n) is 8.05. The fourth-order valence-electron chi connectivity index (χ4n) is 2.47. The van der Waals surface area contributed by atoms with Crippen molar-refractivity contribution >= 4 is 23.9 Å². The molecule has 0 fully saturated rings. The predicted octanol–water partition coefficient (Wildman–Crippen LogP) is 1.73. The normalized spacial score (nSPS) is 14.5. The Morgan fingerprint density at radius 3 is 2.00 bits per heavy atom. The minimum atomic E-state index is -2.82. The molecular formula is C16H26O8. The third-order valence-corrected chi connectivity index (χ3v) is 3.74. The molecule has 0 aromatic rings. The van der Waals surface area contributed by atoms with Crippen molar-refractivity contribution in [2.45, 2.75) is 70.8 Å². The molecule has 0 aliphatic rings. The number of rotatable bonds is 12. The van der Waals surface area contributed by atoms with E-state index in [0.29, 0.717) is 12.8 Å². The van der Waals surface area contributed by atoms with Crippen molar-refractivity contribution in [2.24, 2.45) is 5.92 Å². The number of carboxylic acid groups (broad SMARTS) is 2. The Bertz CT molecular complexity index is 459. The van der Waals surface area contributed by atoms with Crippen molar-refractivity contribution in [3.63, 3.8) is 0 Å². The Morgan fingerprint density at radius 2 is 1.54 bits per heavy atom. The van der Waals surface area contributed by atoms with Crippen molar-refractivity contribution in [2.75, 3.05) is 0 Å². The molecule has 2 unspecified atom stereocenters. The van der Waals surface area contributed by atoms with Crippen LogP contribution in [0.2, 0.25) is 0 Å². The zero-order valence-corrected chi connectivity index (χ0v) is 14.1. The van der Waals surface area contributed by atoms with Gasteiger partial charge in [0.05, 0.1) is 12.3 Å². The van der Waals surface area contributed by atoms with Gasteiger partial charge in [0.1, 0.15) is 0 Å². The Kier molecular flexibility index (Phi) is 9.87. The summed E-state index contributed by atoms with van der Waals surface area (Å²) in [6.07, 6.45) is 3.89. The third kappa shape index (κ3) is 7.54. The smallest absolute Gasteiger partial charge is 0.337 e. The zero-order chi connectivity index (χ0) is 18.8. The van der Waals surface area contributed by atoms with E-state index in [1.807, 2.05) is 0 Å². The van der Waals surface area contributed by atoms with E-state index in [4.69, 9.17) is 5.11 Å². The van der Waals surface area contributed by atoms with Gasteiger partial charge in [-0.05, 0) is 6.42 Å². The molecular weight excluding hydrogens is 320 g/mol. The minimum Gasteiger partial charge on any atom is -0.481 e. The number of aliphatic carboxylic acids is 2. The van der Waals surface area contributed by atoms with E-state index < -0.39 is 41.8 Å². The number of carboxylic acids is 2. The van der Waals surface area contributed by atoms with Crippen LogP contribution in [0.3, 0.4) is 0 Å². The molecule has 0 radical (unpaired) electrons. The number of ether oxygens (including phenoxy) is 1. The SMILES string of the molecule is CCCCCCCCC(C(=O)OC(C)=O)C(O)(CC(=O)O)C(=O)O. The summed E-state index contributed by atoms with van der Waals surface area (Å²) in [6, 6.07) is 0. The summed E-state index contributed by atoms with van der Waals surface area (Å²) in [6.45, 7) is 3.03. The number of aliphatic hydroxyl groups is 1. The molecule has 8 heteroatoms. The molecule has 0 saturated carbocycles. The Morgan fingerprint density at radius 1 is 1.00 bits per heavy atom. The van der Waals surface area contributed by atoms with Crippen LogP contribution in [0.15, 0.2) is 0 Å². The van der Waals surface area contributed by atoms with Crippen LogP contribution in [0.25, 0.3) is 0 Å². The number of esters is 2. The molecule has 0 aromatic carbocycles. The Balaban J connectivity index is 5.08. The molecule has 0 bridgehead atoms. The van der Waals surface area contributed by atoms with E-state index in [9.17, 15) is 29.4 Å². The van der Waals surface area contributed by atoms with E-state index in [2.05, 4.69) is 11.7 Å². The molecule has 3 N–H and O–H groups in total. The summed E-state index contributed by atoms with van der Waals surface area (Å²) < 4.78 is 4.39. The molecule has 2 atom stereocenters. The highest BCUT2D eigenvalue weighted by molar-refractivity contribution is 5.93. The van der Waals surface area contributed by atoms with Gasteiger partial charge < -0.3 is 20.1 Å². The number of hydrogen-bond acceptors (Lipinski definition) is 6. The number of unbranched alkanes of at least 4 members (excludes halogenated alkanes) is 5. The summed E-state index contributed by atoms with van der Waals surface area (Å²) in [5, 5.41) is 28.3. The van der Waals surface area contributed by atoms with Crippen LogP contribution in [0.1, 0.15) is 65.2 Å². The summed E-state index contributed by atoms with van der Waals surface area (Å²) in [4.78, 5) is 45.2. The first-order valence-corrected chi connectivity index (χ1v) is 8.05. The predicted molar refractivity (Wildman–Crippen MR) is 83.1 cm³/mol. The topological polar surface area (TPSA) is 138 Å². The van der Waals surface area contributed by atoms with Crippen molar-refractivity contribution < 1.29 is 39.2 Å². The van der Waals surface area contributed by atoms with Gasteiger partial charge in [-0.3, -0.25) is 14.4 Å². The molecule has 8 nitrogen and oxygen atoms in total. The maximum atomic E-state index is 12.0. The lowest BCUT2D eigenvalue weighted by molar-refractivity contribution is -0.183. The highest BCUT2D eigenvalue weighted by Crippen LogP contribution is 2.29. The summed E-state index contributed by atoms with van der Waals surface area (Å²) in [7, 11) is 0. The lowest BCUT2D eigenvalue weighted by Crippen LogP contribution is -2.51. The Hall–Kier alpha value is -1.96. The molecule has 0 aliphatic heterocycles. The van der Waals surface area contributed by atoms with Gasteiger partial charge in [-0.25, -0.2) is 4.79 Å². The molecule has 0 rings (SSSR count). The van der Waals surface area contributed by atoms with Gasteiger partial charge in [-0.15, -0.1) is 0 Å². The van der Waals surface area contributed by atoms with E-state index in [0.717, 1.165) is 32.6 Å². The standard InChI is InChI=1S/C16H26O8/c1-3-4-5-6-7-8-9-12(14(20)24-11(2)17)16(23,15(21)22)10-13(18)19/h12,23H,3-10H2,1-2H3,(H,18,19)(H,21,22). The summed E-state index contributed by atoms with van der Waals surface area (Å²) >= 11 is 0. The number of carbonyl (C=O) groups is 4. The van der Waals surface area contributed by atoms with Gasteiger partial charge in [0.15, 0.2) is 5.60 Å². The zero-order valence-electron chi connectivity index (χ0n) is 14.1. The molecule has 138 valence electrons. The molecule has 0 aromatic heterocycles. The molecule has 0 spiro atoms. The van der Waals surface area contributed by atoms with E-state index in [-0.39, 0.29) is 6.42 Å². The van der Waals surface area contributed by atoms with Crippen LogP contribution in [0, 0.1) is 5.92 Å². The third-order valence-electron chi connectivity index (χ3n) is 3.74. The molecule has 0 saturated heterocycles. The first kappa shape index (κ1) is 22.0. The monoisotopic (exact) mass is 346 g/mol. The minimum absolute atomic E-state index is 0.0751. The van der Waals surface area contributed by atoms with Crippen molar-refractivity contribution in [3.8, 4) is 0 Å². The average Bonchev–Trinajstić information content (AvgIpc) is 2.44.